The highest BCUT2D eigenvalue weighted by atomic mass is 32.2. The van der Waals surface area contributed by atoms with Crippen LogP contribution in [0.1, 0.15) is 12.8 Å². The molecule has 0 amide bonds. The Morgan fingerprint density at radius 3 is 2.53 bits per heavy atom. The van der Waals surface area contributed by atoms with Crippen molar-refractivity contribution in [1.29, 1.82) is 0 Å². The van der Waals surface area contributed by atoms with Gasteiger partial charge < -0.3 is 10.1 Å². The van der Waals surface area contributed by atoms with Crippen LogP contribution in [0.4, 0.5) is 0 Å². The van der Waals surface area contributed by atoms with Crippen LogP contribution >= 0.6 is 0 Å². The Morgan fingerprint density at radius 2 is 2.00 bits per heavy atom. The fraction of sp³-hybridized carbons (Fsp3) is 0.583. The van der Waals surface area contributed by atoms with E-state index in [-0.39, 0.29) is 11.0 Å². The van der Waals surface area contributed by atoms with Gasteiger partial charge in [0.25, 0.3) is 0 Å². The molecule has 0 radical (unpaired) electrons. The summed E-state index contributed by atoms with van der Waals surface area (Å²) in [5.41, 5.74) is 0. The maximum absolute atomic E-state index is 11.9. The van der Waals surface area contributed by atoms with E-state index < -0.39 is 10.0 Å². The van der Waals surface area contributed by atoms with Gasteiger partial charge in [-0.2, -0.15) is 0 Å². The molecular weight excluding hydrogens is 266 g/mol. The average molecular weight is 285 g/mol. The standard InChI is InChI=1S/C12H19N3O3S/c1-15(2)19(16,17)11-3-4-12(14-9-11)18-10-5-7-13-8-6-10/h3-4,9-10,13H,5-8H2,1-2H3. The molecule has 0 aliphatic carbocycles. The zero-order chi connectivity index (χ0) is 13.9. The third-order valence-electron chi connectivity index (χ3n) is 3.06. The number of aromatic nitrogens is 1. The van der Waals surface area contributed by atoms with Crippen LogP contribution in [0, 0.1) is 0 Å². The van der Waals surface area contributed by atoms with Gasteiger partial charge in [0, 0.05) is 20.2 Å². The molecule has 1 aliphatic heterocycles. The second kappa shape index (κ2) is 5.85. The Hall–Kier alpha value is -1.18. The molecule has 0 bridgehead atoms. The van der Waals surface area contributed by atoms with E-state index in [9.17, 15) is 8.42 Å². The van der Waals surface area contributed by atoms with Gasteiger partial charge in [0.2, 0.25) is 15.9 Å². The van der Waals surface area contributed by atoms with Crippen molar-refractivity contribution in [2.24, 2.45) is 0 Å². The topological polar surface area (TPSA) is 71.5 Å². The van der Waals surface area contributed by atoms with Crippen molar-refractivity contribution in [2.45, 2.75) is 23.8 Å². The highest BCUT2D eigenvalue weighted by Gasteiger charge is 2.19. The van der Waals surface area contributed by atoms with E-state index in [0.717, 1.165) is 30.2 Å². The van der Waals surface area contributed by atoms with Crippen LogP contribution in [0.5, 0.6) is 5.88 Å². The molecule has 1 saturated heterocycles. The van der Waals surface area contributed by atoms with E-state index in [1.807, 2.05) is 0 Å². The largest absolute Gasteiger partial charge is 0.474 e. The van der Waals surface area contributed by atoms with Crippen molar-refractivity contribution < 1.29 is 13.2 Å². The first-order valence-corrected chi connectivity index (χ1v) is 7.70. The lowest BCUT2D eigenvalue weighted by atomic mass is 10.1. The van der Waals surface area contributed by atoms with Gasteiger partial charge in [0.15, 0.2) is 0 Å². The first kappa shape index (κ1) is 14.2. The molecule has 106 valence electrons. The molecule has 1 fully saturated rings. The van der Waals surface area contributed by atoms with E-state index in [1.165, 1.54) is 26.4 Å². The van der Waals surface area contributed by atoms with Crippen LogP contribution in [0.25, 0.3) is 0 Å². The number of nitrogens with one attached hydrogen (secondary N) is 1. The Labute approximate surface area is 113 Å². The summed E-state index contributed by atoms with van der Waals surface area (Å²) < 4.78 is 30.6. The second-order valence-corrected chi connectivity index (χ2v) is 6.84. The summed E-state index contributed by atoms with van der Waals surface area (Å²) in [5, 5.41) is 3.26. The van der Waals surface area contributed by atoms with Crippen LogP contribution in [-0.4, -0.2) is 51.0 Å². The highest BCUT2D eigenvalue weighted by Crippen LogP contribution is 2.17. The summed E-state index contributed by atoms with van der Waals surface area (Å²) in [6, 6.07) is 3.14. The first-order valence-electron chi connectivity index (χ1n) is 6.26. The smallest absolute Gasteiger partial charge is 0.244 e. The van der Waals surface area contributed by atoms with Crippen LogP contribution < -0.4 is 10.1 Å². The Kier molecular flexibility index (Phi) is 4.38. The molecule has 2 heterocycles. The summed E-state index contributed by atoms with van der Waals surface area (Å²) in [5.74, 6) is 0.476. The van der Waals surface area contributed by atoms with E-state index in [4.69, 9.17) is 4.74 Å². The van der Waals surface area contributed by atoms with Crippen LogP contribution in [-0.2, 0) is 10.0 Å². The molecule has 1 aliphatic rings. The Bertz CT molecular complexity index is 508. The molecule has 0 unspecified atom stereocenters. The van der Waals surface area contributed by atoms with Crippen molar-refractivity contribution in [1.82, 2.24) is 14.6 Å². The summed E-state index contributed by atoms with van der Waals surface area (Å²) in [7, 11) is -0.432. The van der Waals surface area contributed by atoms with Gasteiger partial charge in [-0.05, 0) is 32.0 Å². The van der Waals surface area contributed by atoms with E-state index in [1.54, 1.807) is 6.07 Å². The zero-order valence-electron chi connectivity index (χ0n) is 11.2. The van der Waals surface area contributed by atoms with Gasteiger partial charge in [0.05, 0.1) is 6.20 Å². The normalized spacial score (nSPS) is 17.6. The highest BCUT2D eigenvalue weighted by molar-refractivity contribution is 7.89. The number of hydrogen-bond acceptors (Lipinski definition) is 5. The lowest BCUT2D eigenvalue weighted by Gasteiger charge is -2.23. The third-order valence-corrected chi connectivity index (χ3v) is 4.86. The van der Waals surface area contributed by atoms with E-state index in [2.05, 4.69) is 10.3 Å². The molecule has 0 atom stereocenters. The van der Waals surface area contributed by atoms with Crippen molar-refractivity contribution in [3.05, 3.63) is 18.3 Å². The Morgan fingerprint density at radius 1 is 1.32 bits per heavy atom. The molecule has 1 N–H and O–H groups in total. The third kappa shape index (κ3) is 3.43. The van der Waals surface area contributed by atoms with Crippen LogP contribution in [0.15, 0.2) is 23.2 Å². The molecule has 19 heavy (non-hydrogen) atoms. The lowest BCUT2D eigenvalue weighted by molar-refractivity contribution is 0.156. The fourth-order valence-electron chi connectivity index (χ4n) is 1.88. The zero-order valence-corrected chi connectivity index (χ0v) is 12.0. The molecule has 1 aromatic heterocycles. The van der Waals surface area contributed by atoms with Gasteiger partial charge >= 0.3 is 0 Å². The summed E-state index contributed by atoms with van der Waals surface area (Å²) >= 11 is 0. The summed E-state index contributed by atoms with van der Waals surface area (Å²) in [6.07, 6.45) is 3.38. The van der Waals surface area contributed by atoms with Crippen molar-refractivity contribution in [2.75, 3.05) is 27.2 Å². The number of pyridine rings is 1. The average Bonchev–Trinajstić information content (AvgIpc) is 2.40. The minimum Gasteiger partial charge on any atom is -0.474 e. The second-order valence-electron chi connectivity index (χ2n) is 4.69. The first-order chi connectivity index (χ1) is 9.00. The molecule has 7 heteroatoms. The van der Waals surface area contributed by atoms with Crippen LogP contribution in [0.3, 0.4) is 0 Å². The minimum absolute atomic E-state index is 0.157. The molecule has 2 rings (SSSR count). The maximum atomic E-state index is 11.9. The van der Waals surface area contributed by atoms with Crippen molar-refractivity contribution >= 4 is 10.0 Å². The molecule has 6 nitrogen and oxygen atoms in total. The number of piperidine rings is 1. The van der Waals surface area contributed by atoms with Crippen molar-refractivity contribution in [3.63, 3.8) is 0 Å². The van der Waals surface area contributed by atoms with E-state index in [0.29, 0.717) is 5.88 Å². The minimum atomic E-state index is -3.42. The predicted octanol–water partition coefficient (Wildman–Crippen LogP) is 0.463. The lowest BCUT2D eigenvalue weighted by Crippen LogP contribution is -2.34. The van der Waals surface area contributed by atoms with Gasteiger partial charge in [-0.25, -0.2) is 17.7 Å². The number of ether oxygens (including phenoxy) is 1. The van der Waals surface area contributed by atoms with Gasteiger partial charge in [0.1, 0.15) is 11.0 Å². The molecule has 0 aromatic carbocycles. The fourth-order valence-corrected chi connectivity index (χ4v) is 2.73. The number of nitrogens with zero attached hydrogens (tertiary/aromatic N) is 2. The molecule has 0 saturated carbocycles. The SMILES string of the molecule is CN(C)S(=O)(=O)c1ccc(OC2CCNCC2)nc1. The quantitative estimate of drug-likeness (QED) is 0.870. The molecular formula is C12H19N3O3S. The monoisotopic (exact) mass is 285 g/mol. The maximum Gasteiger partial charge on any atom is 0.244 e. The number of hydrogen-bond donors (Lipinski definition) is 1. The van der Waals surface area contributed by atoms with Crippen molar-refractivity contribution in [3.8, 4) is 5.88 Å². The molecule has 1 aromatic rings. The summed E-state index contributed by atoms with van der Waals surface area (Å²) in [4.78, 5) is 4.25. The molecule has 0 spiro atoms. The van der Waals surface area contributed by atoms with E-state index >= 15 is 0 Å². The van der Waals surface area contributed by atoms with Crippen LogP contribution in [0.2, 0.25) is 0 Å². The van der Waals surface area contributed by atoms with Gasteiger partial charge in [-0.1, -0.05) is 0 Å². The Balaban J connectivity index is 2.06. The van der Waals surface area contributed by atoms with Gasteiger partial charge in [-0.15, -0.1) is 0 Å². The predicted molar refractivity (Wildman–Crippen MR) is 71.6 cm³/mol. The number of sulfonamides is 1. The summed E-state index contributed by atoms with van der Waals surface area (Å²) in [6.45, 7) is 1.88. The van der Waals surface area contributed by atoms with Gasteiger partial charge in [-0.3, -0.25) is 0 Å². The number of rotatable bonds is 4.